The van der Waals surface area contributed by atoms with E-state index in [-0.39, 0.29) is 6.10 Å². The summed E-state index contributed by atoms with van der Waals surface area (Å²) in [5.41, 5.74) is 0.941. The number of hydrogen-bond donors (Lipinski definition) is 0. The van der Waals surface area contributed by atoms with E-state index < -0.39 is 0 Å². The molecule has 1 aromatic carbocycles. The molecule has 4 aromatic rings. The van der Waals surface area contributed by atoms with Crippen LogP contribution in [-0.2, 0) is 0 Å². The molecule has 0 spiro atoms. The van der Waals surface area contributed by atoms with E-state index in [1.165, 1.54) is 0 Å². The Hall–Kier alpha value is -2.45. The van der Waals surface area contributed by atoms with Crippen LogP contribution in [0.15, 0.2) is 52.4 Å². The van der Waals surface area contributed by atoms with Crippen LogP contribution < -0.4 is 9.47 Å². The Balaban J connectivity index is 1.56. The van der Waals surface area contributed by atoms with Crippen LogP contribution in [-0.4, -0.2) is 26.2 Å². The molecule has 0 amide bonds. The standard InChI is InChI=1S/C17H11BrN4O2S/c18-15-6-5-14(25-15)10-7-8-19-17-20-16(21-22(10)17)13-9-23-11-3-1-2-4-12(11)24-13/h1-8,13H,9H2. The minimum atomic E-state index is -0.362. The molecule has 0 radical (unpaired) electrons. The molecule has 4 heterocycles. The van der Waals surface area contributed by atoms with Gasteiger partial charge in [-0.25, -0.2) is 4.98 Å². The normalized spacial score (nSPS) is 16.3. The Labute approximate surface area is 155 Å². The number of nitrogens with zero attached hydrogens (tertiary/aromatic N) is 4. The molecule has 0 saturated heterocycles. The summed E-state index contributed by atoms with van der Waals surface area (Å²) in [5, 5.41) is 4.62. The molecule has 124 valence electrons. The second kappa shape index (κ2) is 5.82. The average molecular weight is 415 g/mol. The first-order valence-corrected chi connectivity index (χ1v) is 9.25. The number of benzene rings is 1. The summed E-state index contributed by atoms with van der Waals surface area (Å²) in [4.78, 5) is 9.94. The van der Waals surface area contributed by atoms with Crippen molar-refractivity contribution in [3.8, 4) is 22.1 Å². The summed E-state index contributed by atoms with van der Waals surface area (Å²) in [6, 6.07) is 13.6. The van der Waals surface area contributed by atoms with Crippen molar-refractivity contribution in [1.29, 1.82) is 0 Å². The number of aromatic nitrogens is 4. The molecule has 8 heteroatoms. The smallest absolute Gasteiger partial charge is 0.253 e. The molecule has 0 saturated carbocycles. The third-order valence-electron chi connectivity index (χ3n) is 3.88. The van der Waals surface area contributed by atoms with Crippen molar-refractivity contribution in [2.75, 3.05) is 6.61 Å². The van der Waals surface area contributed by atoms with Crippen LogP contribution in [0.3, 0.4) is 0 Å². The molecule has 5 rings (SSSR count). The van der Waals surface area contributed by atoms with Gasteiger partial charge in [0.05, 0.1) is 14.4 Å². The monoisotopic (exact) mass is 414 g/mol. The Morgan fingerprint density at radius 1 is 1.12 bits per heavy atom. The third-order valence-corrected chi connectivity index (χ3v) is 5.53. The zero-order valence-corrected chi connectivity index (χ0v) is 15.2. The van der Waals surface area contributed by atoms with Gasteiger partial charge in [-0.15, -0.1) is 16.4 Å². The maximum absolute atomic E-state index is 6.00. The summed E-state index contributed by atoms with van der Waals surface area (Å²) >= 11 is 5.13. The van der Waals surface area contributed by atoms with Gasteiger partial charge in [-0.3, -0.25) is 0 Å². The average Bonchev–Trinajstić information content (AvgIpc) is 3.27. The van der Waals surface area contributed by atoms with Crippen molar-refractivity contribution in [2.45, 2.75) is 6.10 Å². The van der Waals surface area contributed by atoms with Crippen molar-refractivity contribution in [1.82, 2.24) is 19.6 Å². The van der Waals surface area contributed by atoms with E-state index in [4.69, 9.17) is 9.47 Å². The highest BCUT2D eigenvalue weighted by Crippen LogP contribution is 2.35. The van der Waals surface area contributed by atoms with Crippen LogP contribution in [0.2, 0.25) is 0 Å². The van der Waals surface area contributed by atoms with Crippen LogP contribution in [0.4, 0.5) is 0 Å². The van der Waals surface area contributed by atoms with E-state index in [9.17, 15) is 0 Å². The molecule has 6 nitrogen and oxygen atoms in total. The van der Waals surface area contributed by atoms with E-state index in [1.807, 2.05) is 42.5 Å². The van der Waals surface area contributed by atoms with Gasteiger partial charge in [0.2, 0.25) is 0 Å². The SMILES string of the molecule is Brc1ccc(-c2ccnc3nc(C4COc5ccccc5O4)nn23)s1. The number of thiophene rings is 1. The van der Waals surface area contributed by atoms with E-state index in [0.29, 0.717) is 24.0 Å². The zero-order chi connectivity index (χ0) is 16.8. The number of rotatable bonds is 2. The minimum Gasteiger partial charge on any atom is -0.485 e. The fourth-order valence-electron chi connectivity index (χ4n) is 2.73. The lowest BCUT2D eigenvalue weighted by atomic mass is 10.2. The molecule has 1 aliphatic rings. The molecule has 1 unspecified atom stereocenters. The van der Waals surface area contributed by atoms with Crippen molar-refractivity contribution in [2.24, 2.45) is 0 Å². The molecule has 0 bridgehead atoms. The Kier molecular flexibility index (Phi) is 3.46. The van der Waals surface area contributed by atoms with Gasteiger partial charge in [0.15, 0.2) is 23.4 Å². The maximum Gasteiger partial charge on any atom is 0.253 e. The van der Waals surface area contributed by atoms with Crippen molar-refractivity contribution in [3.63, 3.8) is 0 Å². The van der Waals surface area contributed by atoms with Crippen molar-refractivity contribution in [3.05, 3.63) is 58.3 Å². The fraction of sp³-hybridized carbons (Fsp3) is 0.118. The van der Waals surface area contributed by atoms with Gasteiger partial charge in [-0.2, -0.15) is 9.50 Å². The number of hydrogen-bond acceptors (Lipinski definition) is 6. The summed E-state index contributed by atoms with van der Waals surface area (Å²) in [6.45, 7) is 0.369. The molecule has 0 N–H and O–H groups in total. The summed E-state index contributed by atoms with van der Waals surface area (Å²) in [6.07, 6.45) is 1.38. The highest BCUT2D eigenvalue weighted by molar-refractivity contribution is 9.11. The van der Waals surface area contributed by atoms with Crippen LogP contribution in [0.25, 0.3) is 16.3 Å². The van der Waals surface area contributed by atoms with Crippen molar-refractivity contribution < 1.29 is 9.47 Å². The summed E-state index contributed by atoms with van der Waals surface area (Å²) in [7, 11) is 0. The van der Waals surface area contributed by atoms with Gasteiger partial charge >= 0.3 is 0 Å². The molecular weight excluding hydrogens is 404 g/mol. The lowest BCUT2D eigenvalue weighted by molar-refractivity contribution is 0.0852. The molecule has 1 atom stereocenters. The van der Waals surface area contributed by atoms with Gasteiger partial charge in [0.1, 0.15) is 6.61 Å². The molecule has 0 fully saturated rings. The second-order valence-electron chi connectivity index (χ2n) is 5.48. The molecule has 3 aromatic heterocycles. The quantitative estimate of drug-likeness (QED) is 0.493. The van der Waals surface area contributed by atoms with Gasteiger partial charge in [0.25, 0.3) is 5.78 Å². The van der Waals surface area contributed by atoms with Crippen LogP contribution in [0.5, 0.6) is 11.5 Å². The minimum absolute atomic E-state index is 0.362. The number of para-hydroxylation sites is 2. The lowest BCUT2D eigenvalue weighted by Crippen LogP contribution is -2.22. The van der Waals surface area contributed by atoms with Crippen LogP contribution in [0, 0.1) is 0 Å². The van der Waals surface area contributed by atoms with Gasteiger partial charge in [0, 0.05) is 6.20 Å². The zero-order valence-electron chi connectivity index (χ0n) is 12.8. The Morgan fingerprint density at radius 2 is 2.00 bits per heavy atom. The van der Waals surface area contributed by atoms with Gasteiger partial charge in [-0.05, 0) is 46.3 Å². The first-order chi connectivity index (χ1) is 12.3. The first-order valence-electron chi connectivity index (χ1n) is 7.64. The van der Waals surface area contributed by atoms with E-state index in [1.54, 1.807) is 22.0 Å². The van der Waals surface area contributed by atoms with E-state index in [0.717, 1.165) is 20.1 Å². The highest BCUT2D eigenvalue weighted by Gasteiger charge is 2.26. The van der Waals surface area contributed by atoms with Crippen LogP contribution >= 0.6 is 27.3 Å². The van der Waals surface area contributed by atoms with Gasteiger partial charge < -0.3 is 9.47 Å². The van der Waals surface area contributed by atoms with E-state index in [2.05, 4.69) is 31.0 Å². The largest absolute Gasteiger partial charge is 0.485 e. The predicted octanol–water partition coefficient (Wildman–Crippen LogP) is 4.13. The first kappa shape index (κ1) is 14.9. The topological polar surface area (TPSA) is 61.5 Å². The fourth-order valence-corrected chi connectivity index (χ4v) is 4.13. The highest BCUT2D eigenvalue weighted by atomic mass is 79.9. The van der Waals surface area contributed by atoms with Gasteiger partial charge in [-0.1, -0.05) is 12.1 Å². The second-order valence-corrected chi connectivity index (χ2v) is 7.94. The van der Waals surface area contributed by atoms with Crippen LogP contribution in [0.1, 0.15) is 11.9 Å². The molecule has 1 aliphatic heterocycles. The van der Waals surface area contributed by atoms with Crippen molar-refractivity contribution >= 4 is 33.0 Å². The molecule has 25 heavy (non-hydrogen) atoms. The summed E-state index contributed by atoms with van der Waals surface area (Å²) in [5.74, 6) is 2.54. The molecular formula is C17H11BrN4O2S. The van der Waals surface area contributed by atoms with E-state index >= 15 is 0 Å². The third kappa shape index (κ3) is 2.58. The number of ether oxygens (including phenoxy) is 2. The summed E-state index contributed by atoms with van der Waals surface area (Å²) < 4.78 is 14.6. The lowest BCUT2D eigenvalue weighted by Gasteiger charge is -2.24. The maximum atomic E-state index is 6.00. The number of fused-ring (bicyclic) bond motifs is 2. The predicted molar refractivity (Wildman–Crippen MR) is 97.1 cm³/mol. The Bertz CT molecular complexity index is 1080. The Morgan fingerprint density at radius 3 is 2.84 bits per heavy atom. The molecule has 0 aliphatic carbocycles. The number of halogens is 1.